The number of nitrogens with zero attached hydrogens (tertiary/aromatic N) is 1. The van der Waals surface area contributed by atoms with Crippen molar-refractivity contribution >= 4 is 11.6 Å². The summed E-state index contributed by atoms with van der Waals surface area (Å²) >= 11 is 6.28. The van der Waals surface area contributed by atoms with Gasteiger partial charge in [-0.3, -0.25) is 4.90 Å². The molecule has 1 saturated heterocycles. The molecule has 2 aliphatic heterocycles. The molecule has 0 bridgehead atoms. The van der Waals surface area contributed by atoms with Gasteiger partial charge >= 0.3 is 0 Å². The first-order chi connectivity index (χ1) is 9.76. The molecule has 0 saturated carbocycles. The molecule has 5 heteroatoms. The number of nitrogens with one attached hydrogen (secondary N) is 1. The lowest BCUT2D eigenvalue weighted by molar-refractivity contribution is 0.171. The van der Waals surface area contributed by atoms with Gasteiger partial charge in [-0.2, -0.15) is 0 Å². The summed E-state index contributed by atoms with van der Waals surface area (Å²) in [6.07, 6.45) is 1.26. The maximum absolute atomic E-state index is 6.28. The van der Waals surface area contributed by atoms with Crippen LogP contribution in [-0.4, -0.2) is 44.8 Å². The second-order valence-electron chi connectivity index (χ2n) is 5.55. The Morgan fingerprint density at radius 2 is 2.20 bits per heavy atom. The van der Waals surface area contributed by atoms with E-state index in [9.17, 15) is 0 Å². The minimum Gasteiger partial charge on any atom is -0.486 e. The maximum Gasteiger partial charge on any atom is 0.179 e. The first-order valence-electron chi connectivity index (χ1n) is 7.21. The van der Waals surface area contributed by atoms with E-state index < -0.39 is 0 Å². The molecule has 2 heterocycles. The van der Waals surface area contributed by atoms with Crippen molar-refractivity contribution < 1.29 is 9.47 Å². The molecule has 1 atom stereocenters. The monoisotopic (exact) mass is 296 g/mol. The highest BCUT2D eigenvalue weighted by Gasteiger charge is 2.23. The molecule has 0 aliphatic carbocycles. The van der Waals surface area contributed by atoms with Crippen molar-refractivity contribution in [2.45, 2.75) is 13.0 Å². The highest BCUT2D eigenvalue weighted by Crippen LogP contribution is 2.38. The summed E-state index contributed by atoms with van der Waals surface area (Å²) in [5.41, 5.74) is 1.20. The number of halogens is 1. The molecule has 3 rings (SSSR count). The van der Waals surface area contributed by atoms with E-state index in [0.717, 1.165) is 37.8 Å². The molecular weight excluding hydrogens is 276 g/mol. The summed E-state index contributed by atoms with van der Waals surface area (Å²) < 4.78 is 11.2. The first-order valence-corrected chi connectivity index (χ1v) is 7.59. The van der Waals surface area contributed by atoms with Crippen LogP contribution in [0.3, 0.4) is 0 Å². The van der Waals surface area contributed by atoms with Gasteiger partial charge in [0.15, 0.2) is 11.5 Å². The maximum atomic E-state index is 6.28. The smallest absolute Gasteiger partial charge is 0.179 e. The van der Waals surface area contributed by atoms with Gasteiger partial charge in [-0.25, -0.2) is 0 Å². The van der Waals surface area contributed by atoms with Crippen molar-refractivity contribution in [1.82, 2.24) is 10.2 Å². The van der Waals surface area contributed by atoms with Crippen LogP contribution in [0, 0.1) is 5.92 Å². The molecule has 4 nitrogen and oxygen atoms in total. The quantitative estimate of drug-likeness (QED) is 0.923. The number of likely N-dealkylation sites (tertiary alicyclic amines) is 1. The lowest BCUT2D eigenvalue weighted by Crippen LogP contribution is -2.24. The van der Waals surface area contributed by atoms with Crippen LogP contribution in [0.2, 0.25) is 5.02 Å². The number of fused-ring (bicyclic) bond motifs is 1. The van der Waals surface area contributed by atoms with Crippen LogP contribution in [0.15, 0.2) is 12.1 Å². The van der Waals surface area contributed by atoms with Gasteiger partial charge in [0.2, 0.25) is 0 Å². The molecule has 1 N–H and O–H groups in total. The van der Waals surface area contributed by atoms with E-state index in [-0.39, 0.29) is 0 Å². The van der Waals surface area contributed by atoms with Gasteiger partial charge in [-0.05, 0) is 50.2 Å². The minimum absolute atomic E-state index is 0.573. The van der Waals surface area contributed by atoms with Gasteiger partial charge in [0.25, 0.3) is 0 Å². The Hall–Kier alpha value is -0.970. The molecule has 20 heavy (non-hydrogen) atoms. The molecule has 1 unspecified atom stereocenters. The second-order valence-corrected chi connectivity index (χ2v) is 5.96. The Morgan fingerprint density at radius 3 is 3.05 bits per heavy atom. The van der Waals surface area contributed by atoms with Crippen molar-refractivity contribution in [3.8, 4) is 11.5 Å². The summed E-state index contributed by atoms with van der Waals surface area (Å²) in [5.74, 6) is 2.23. The van der Waals surface area contributed by atoms with Gasteiger partial charge < -0.3 is 14.8 Å². The Kier molecular flexibility index (Phi) is 4.34. The fourth-order valence-electron chi connectivity index (χ4n) is 3.03. The van der Waals surface area contributed by atoms with Gasteiger partial charge in [0.1, 0.15) is 13.2 Å². The van der Waals surface area contributed by atoms with Crippen LogP contribution in [0.4, 0.5) is 0 Å². The van der Waals surface area contributed by atoms with E-state index in [1.807, 2.05) is 13.1 Å². The van der Waals surface area contributed by atoms with Gasteiger partial charge in [-0.15, -0.1) is 0 Å². The first kappa shape index (κ1) is 14.0. The Bertz CT molecular complexity index is 481. The molecule has 110 valence electrons. The summed E-state index contributed by atoms with van der Waals surface area (Å²) in [6.45, 7) is 5.49. The van der Waals surface area contributed by atoms with E-state index in [1.54, 1.807) is 0 Å². The highest BCUT2D eigenvalue weighted by molar-refractivity contribution is 6.32. The zero-order valence-electron chi connectivity index (χ0n) is 11.8. The fraction of sp³-hybridized carbons (Fsp3) is 0.600. The second kappa shape index (κ2) is 6.20. The van der Waals surface area contributed by atoms with Gasteiger partial charge in [0.05, 0.1) is 5.02 Å². The molecule has 0 amide bonds. The topological polar surface area (TPSA) is 33.7 Å². The molecular formula is C15H21ClN2O2. The van der Waals surface area contributed by atoms with Crippen LogP contribution >= 0.6 is 11.6 Å². The van der Waals surface area contributed by atoms with Crippen LogP contribution < -0.4 is 14.8 Å². The number of hydrogen-bond donors (Lipinski definition) is 1. The summed E-state index contributed by atoms with van der Waals surface area (Å²) in [5, 5.41) is 3.92. The highest BCUT2D eigenvalue weighted by atomic mass is 35.5. The molecule has 1 fully saturated rings. The third-order valence-corrected chi connectivity index (χ3v) is 4.21. The van der Waals surface area contributed by atoms with E-state index in [4.69, 9.17) is 21.1 Å². The van der Waals surface area contributed by atoms with Crippen LogP contribution in [0.25, 0.3) is 0 Å². The zero-order chi connectivity index (χ0) is 13.9. The van der Waals surface area contributed by atoms with E-state index in [0.29, 0.717) is 24.0 Å². The summed E-state index contributed by atoms with van der Waals surface area (Å²) in [6, 6.07) is 4.06. The van der Waals surface area contributed by atoms with Gasteiger partial charge in [0, 0.05) is 13.1 Å². The number of ether oxygens (including phenoxy) is 2. The lowest BCUT2D eigenvalue weighted by Gasteiger charge is -2.22. The Labute approximate surface area is 125 Å². The number of hydrogen-bond acceptors (Lipinski definition) is 4. The predicted octanol–water partition coefficient (Wildman–Crippen LogP) is 2.15. The standard InChI is InChI=1S/C15H21ClN2O2/c1-17-8-11-2-3-18(9-11)10-12-6-13(16)15-14(7-12)19-4-5-20-15/h6-7,11,17H,2-5,8-10H2,1H3. The van der Waals surface area contributed by atoms with Crippen molar-refractivity contribution in [2.24, 2.45) is 5.92 Å². The molecule has 0 aromatic heterocycles. The van der Waals surface area contributed by atoms with Crippen molar-refractivity contribution in [1.29, 1.82) is 0 Å². The van der Waals surface area contributed by atoms with E-state index in [2.05, 4.69) is 16.3 Å². The minimum atomic E-state index is 0.573. The largest absolute Gasteiger partial charge is 0.486 e. The van der Waals surface area contributed by atoms with Crippen LogP contribution in [0.1, 0.15) is 12.0 Å². The van der Waals surface area contributed by atoms with Gasteiger partial charge in [-0.1, -0.05) is 11.6 Å². The van der Waals surface area contributed by atoms with Crippen molar-refractivity contribution in [3.05, 3.63) is 22.7 Å². The molecule has 0 radical (unpaired) electrons. The number of benzene rings is 1. The molecule has 0 spiro atoms. The predicted molar refractivity (Wildman–Crippen MR) is 79.8 cm³/mol. The summed E-state index contributed by atoms with van der Waals surface area (Å²) in [7, 11) is 2.02. The normalized spacial score (nSPS) is 22.2. The Morgan fingerprint density at radius 1 is 1.35 bits per heavy atom. The van der Waals surface area contributed by atoms with E-state index in [1.165, 1.54) is 12.0 Å². The SMILES string of the molecule is CNCC1CCN(Cc2cc(Cl)c3c(c2)OCCO3)C1. The number of rotatable bonds is 4. The molecule has 1 aromatic carbocycles. The zero-order valence-corrected chi connectivity index (χ0v) is 12.6. The fourth-order valence-corrected chi connectivity index (χ4v) is 3.31. The van der Waals surface area contributed by atoms with Crippen molar-refractivity contribution in [3.63, 3.8) is 0 Å². The third kappa shape index (κ3) is 3.03. The lowest BCUT2D eigenvalue weighted by atomic mass is 10.1. The molecule has 1 aromatic rings. The average molecular weight is 297 g/mol. The third-order valence-electron chi connectivity index (χ3n) is 3.93. The Balaban J connectivity index is 1.68. The van der Waals surface area contributed by atoms with Crippen LogP contribution in [-0.2, 0) is 6.54 Å². The van der Waals surface area contributed by atoms with Crippen LogP contribution in [0.5, 0.6) is 11.5 Å². The summed E-state index contributed by atoms with van der Waals surface area (Å²) in [4.78, 5) is 2.48. The molecule has 2 aliphatic rings. The average Bonchev–Trinajstić information content (AvgIpc) is 2.87. The van der Waals surface area contributed by atoms with E-state index >= 15 is 0 Å². The van der Waals surface area contributed by atoms with Crippen molar-refractivity contribution in [2.75, 3.05) is 39.9 Å².